The number of nitrogens with two attached hydrogens (primary N) is 1. The van der Waals surface area contributed by atoms with Gasteiger partial charge in [0.2, 0.25) is 0 Å². The van der Waals surface area contributed by atoms with Crippen LogP contribution >= 0.6 is 0 Å². The first-order chi connectivity index (χ1) is 8.76. The Morgan fingerprint density at radius 1 is 1.00 bits per heavy atom. The van der Waals surface area contributed by atoms with Gasteiger partial charge in [0, 0.05) is 6.04 Å². The molecular weight excluding hydrogens is 222 g/mol. The summed E-state index contributed by atoms with van der Waals surface area (Å²) in [5.41, 5.74) is 5.90. The molecule has 0 aromatic carbocycles. The molecule has 1 fully saturated rings. The third-order valence-corrected chi connectivity index (χ3v) is 4.61. The van der Waals surface area contributed by atoms with E-state index in [1.807, 2.05) is 0 Å². The standard InChI is InChI=1S/C15H33N3/c1-4-17(5-2)11-8-12-18(6-3)15-10-7-9-14(15)13-16/h14-15H,4-13,16H2,1-3H3. The first kappa shape index (κ1) is 15.9. The van der Waals surface area contributed by atoms with Crippen LogP contribution in [0.1, 0.15) is 46.5 Å². The second-order valence-corrected chi connectivity index (χ2v) is 5.50. The maximum Gasteiger partial charge on any atom is 0.0135 e. The molecule has 1 saturated carbocycles. The number of nitrogens with zero attached hydrogens (tertiary/aromatic N) is 2. The monoisotopic (exact) mass is 255 g/mol. The Morgan fingerprint density at radius 3 is 2.28 bits per heavy atom. The SMILES string of the molecule is CCN(CC)CCCN(CC)C1CCCC1CN. The van der Waals surface area contributed by atoms with Gasteiger partial charge in [-0.25, -0.2) is 0 Å². The summed E-state index contributed by atoms with van der Waals surface area (Å²) in [5.74, 6) is 0.749. The predicted octanol–water partition coefficient (Wildman–Crippen LogP) is 2.17. The van der Waals surface area contributed by atoms with E-state index >= 15 is 0 Å². The zero-order valence-corrected chi connectivity index (χ0v) is 12.7. The Hall–Kier alpha value is -0.120. The minimum atomic E-state index is 0.749. The minimum Gasteiger partial charge on any atom is -0.330 e. The maximum absolute atomic E-state index is 5.90. The van der Waals surface area contributed by atoms with E-state index in [9.17, 15) is 0 Å². The van der Waals surface area contributed by atoms with Gasteiger partial charge in [-0.2, -0.15) is 0 Å². The first-order valence-corrected chi connectivity index (χ1v) is 7.93. The number of hydrogen-bond acceptors (Lipinski definition) is 3. The Kier molecular flexibility index (Phi) is 7.87. The van der Waals surface area contributed by atoms with Gasteiger partial charge in [0.1, 0.15) is 0 Å². The van der Waals surface area contributed by atoms with Crippen molar-refractivity contribution in [3.8, 4) is 0 Å². The van der Waals surface area contributed by atoms with Crippen molar-refractivity contribution in [2.24, 2.45) is 11.7 Å². The third-order valence-electron chi connectivity index (χ3n) is 4.61. The molecule has 18 heavy (non-hydrogen) atoms. The molecule has 0 aromatic heterocycles. The molecule has 0 heterocycles. The van der Waals surface area contributed by atoms with Crippen molar-refractivity contribution in [1.29, 1.82) is 0 Å². The number of rotatable bonds is 9. The van der Waals surface area contributed by atoms with Gasteiger partial charge < -0.3 is 15.5 Å². The molecule has 0 aliphatic heterocycles. The molecule has 0 radical (unpaired) electrons. The third kappa shape index (κ3) is 4.52. The molecular formula is C15H33N3. The van der Waals surface area contributed by atoms with Gasteiger partial charge in [-0.3, -0.25) is 0 Å². The molecule has 0 spiro atoms. The lowest BCUT2D eigenvalue weighted by Crippen LogP contribution is -2.41. The molecule has 2 atom stereocenters. The van der Waals surface area contributed by atoms with Crippen molar-refractivity contribution in [3.05, 3.63) is 0 Å². The summed E-state index contributed by atoms with van der Waals surface area (Å²) in [7, 11) is 0. The molecule has 3 nitrogen and oxygen atoms in total. The summed E-state index contributed by atoms with van der Waals surface area (Å²) < 4.78 is 0. The fourth-order valence-electron chi connectivity index (χ4n) is 3.37. The molecule has 0 bridgehead atoms. The average molecular weight is 255 g/mol. The van der Waals surface area contributed by atoms with Crippen molar-refractivity contribution in [1.82, 2.24) is 9.80 Å². The molecule has 0 saturated heterocycles. The molecule has 108 valence electrons. The van der Waals surface area contributed by atoms with Gasteiger partial charge in [0.25, 0.3) is 0 Å². The molecule has 1 aliphatic carbocycles. The average Bonchev–Trinajstić information content (AvgIpc) is 2.87. The van der Waals surface area contributed by atoms with Crippen molar-refractivity contribution in [3.63, 3.8) is 0 Å². The Morgan fingerprint density at radius 2 is 1.72 bits per heavy atom. The van der Waals surface area contributed by atoms with Gasteiger partial charge in [0.15, 0.2) is 0 Å². The topological polar surface area (TPSA) is 32.5 Å². The van der Waals surface area contributed by atoms with Crippen LogP contribution in [0.3, 0.4) is 0 Å². The van der Waals surface area contributed by atoms with E-state index < -0.39 is 0 Å². The van der Waals surface area contributed by atoms with E-state index in [2.05, 4.69) is 30.6 Å². The van der Waals surface area contributed by atoms with Gasteiger partial charge >= 0.3 is 0 Å². The van der Waals surface area contributed by atoms with Crippen LogP contribution in [0.15, 0.2) is 0 Å². The zero-order chi connectivity index (χ0) is 13.4. The summed E-state index contributed by atoms with van der Waals surface area (Å²) in [6.45, 7) is 13.7. The van der Waals surface area contributed by atoms with E-state index in [-0.39, 0.29) is 0 Å². The Labute approximate surface area is 114 Å². The smallest absolute Gasteiger partial charge is 0.0135 e. The van der Waals surface area contributed by atoms with Gasteiger partial charge in [0.05, 0.1) is 0 Å². The molecule has 0 aromatic rings. The van der Waals surface area contributed by atoms with E-state index in [4.69, 9.17) is 5.73 Å². The normalized spacial score (nSPS) is 24.3. The van der Waals surface area contributed by atoms with E-state index in [0.29, 0.717) is 0 Å². The lowest BCUT2D eigenvalue weighted by atomic mass is 10.0. The molecule has 1 aliphatic rings. The van der Waals surface area contributed by atoms with Crippen LogP contribution in [0.2, 0.25) is 0 Å². The lowest BCUT2D eigenvalue weighted by Gasteiger charge is -2.32. The molecule has 1 rings (SSSR count). The van der Waals surface area contributed by atoms with Crippen LogP contribution < -0.4 is 5.73 Å². The Bertz CT molecular complexity index is 204. The van der Waals surface area contributed by atoms with Crippen molar-refractivity contribution in [2.45, 2.75) is 52.5 Å². The second-order valence-electron chi connectivity index (χ2n) is 5.50. The van der Waals surface area contributed by atoms with Gasteiger partial charge in [-0.05, 0) is 64.4 Å². The lowest BCUT2D eigenvalue weighted by molar-refractivity contribution is 0.159. The summed E-state index contributed by atoms with van der Waals surface area (Å²) in [5, 5.41) is 0. The van der Waals surface area contributed by atoms with Gasteiger partial charge in [-0.15, -0.1) is 0 Å². The highest BCUT2D eigenvalue weighted by atomic mass is 15.2. The molecule has 3 heteroatoms. The van der Waals surface area contributed by atoms with Crippen molar-refractivity contribution >= 4 is 0 Å². The molecule has 2 N–H and O–H groups in total. The molecule has 0 amide bonds. The van der Waals surface area contributed by atoms with Crippen LogP contribution in [0.5, 0.6) is 0 Å². The van der Waals surface area contributed by atoms with Crippen LogP contribution in [0, 0.1) is 5.92 Å². The summed E-state index contributed by atoms with van der Waals surface area (Å²) in [4.78, 5) is 5.19. The highest BCUT2D eigenvalue weighted by molar-refractivity contribution is 4.85. The minimum absolute atomic E-state index is 0.749. The van der Waals surface area contributed by atoms with E-state index in [1.54, 1.807) is 0 Å². The second kappa shape index (κ2) is 8.89. The summed E-state index contributed by atoms with van der Waals surface area (Å²) in [6.07, 6.45) is 5.37. The highest BCUT2D eigenvalue weighted by Crippen LogP contribution is 2.29. The quantitative estimate of drug-likeness (QED) is 0.685. The Balaban J connectivity index is 2.32. The van der Waals surface area contributed by atoms with Crippen LogP contribution in [0.4, 0.5) is 0 Å². The van der Waals surface area contributed by atoms with Crippen molar-refractivity contribution in [2.75, 3.05) is 39.3 Å². The van der Waals surface area contributed by atoms with E-state index in [0.717, 1.165) is 18.5 Å². The summed E-state index contributed by atoms with van der Waals surface area (Å²) in [6, 6.07) is 0.761. The van der Waals surface area contributed by atoms with Crippen molar-refractivity contribution < 1.29 is 0 Å². The maximum atomic E-state index is 5.90. The first-order valence-electron chi connectivity index (χ1n) is 7.93. The fourth-order valence-corrected chi connectivity index (χ4v) is 3.37. The van der Waals surface area contributed by atoms with E-state index in [1.165, 1.54) is 58.4 Å². The van der Waals surface area contributed by atoms with Crippen LogP contribution in [0.25, 0.3) is 0 Å². The highest BCUT2D eigenvalue weighted by Gasteiger charge is 2.29. The molecule has 2 unspecified atom stereocenters. The summed E-state index contributed by atoms with van der Waals surface area (Å²) >= 11 is 0. The largest absolute Gasteiger partial charge is 0.330 e. The van der Waals surface area contributed by atoms with Crippen LogP contribution in [-0.4, -0.2) is 55.1 Å². The fraction of sp³-hybridized carbons (Fsp3) is 1.00. The van der Waals surface area contributed by atoms with Gasteiger partial charge in [-0.1, -0.05) is 27.2 Å². The van der Waals surface area contributed by atoms with Crippen LogP contribution in [-0.2, 0) is 0 Å². The zero-order valence-electron chi connectivity index (χ0n) is 12.7. The number of hydrogen-bond donors (Lipinski definition) is 1. The predicted molar refractivity (Wildman–Crippen MR) is 79.8 cm³/mol.